The van der Waals surface area contributed by atoms with Crippen molar-refractivity contribution in [2.24, 2.45) is 0 Å². The Bertz CT molecular complexity index is 840. The van der Waals surface area contributed by atoms with Crippen LogP contribution in [0.3, 0.4) is 0 Å². The lowest BCUT2D eigenvalue weighted by molar-refractivity contribution is 0.765. The third-order valence-corrected chi connectivity index (χ3v) is 5.15. The van der Waals surface area contributed by atoms with Gasteiger partial charge in [0, 0.05) is 23.3 Å². The van der Waals surface area contributed by atoms with Crippen LogP contribution in [0.4, 0.5) is 0 Å². The van der Waals surface area contributed by atoms with Crippen LogP contribution in [0.1, 0.15) is 23.1 Å². The SMILES string of the molecule is CCn1c(C)c(-c2ccn[nH]2)c(=O)c2c(C)c(C)sc21. The third kappa shape index (κ3) is 1.66. The molecule has 3 heterocycles. The van der Waals surface area contributed by atoms with Gasteiger partial charge in [-0.25, -0.2) is 0 Å². The first-order valence-corrected chi connectivity index (χ1v) is 7.50. The summed E-state index contributed by atoms with van der Waals surface area (Å²) in [6, 6.07) is 1.85. The standard InChI is InChI=1S/C15H17N3OS/c1-5-18-9(3)13(11-6-7-16-17-11)14(19)12-8(2)10(4)20-15(12)18/h6-7H,5H2,1-4H3,(H,16,17). The molecule has 0 aliphatic heterocycles. The van der Waals surface area contributed by atoms with Crippen LogP contribution < -0.4 is 5.43 Å². The number of thiophene rings is 1. The first kappa shape index (κ1) is 13.1. The van der Waals surface area contributed by atoms with E-state index in [1.54, 1.807) is 17.5 Å². The van der Waals surface area contributed by atoms with Crippen LogP contribution in [-0.2, 0) is 6.54 Å². The Morgan fingerprint density at radius 1 is 1.35 bits per heavy atom. The first-order chi connectivity index (χ1) is 9.56. The Kier molecular flexibility index (Phi) is 3.01. The van der Waals surface area contributed by atoms with Crippen molar-refractivity contribution in [2.45, 2.75) is 34.2 Å². The molecule has 0 saturated carbocycles. The molecule has 1 N–H and O–H groups in total. The van der Waals surface area contributed by atoms with Gasteiger partial charge in [-0.15, -0.1) is 11.3 Å². The molecule has 0 radical (unpaired) electrons. The van der Waals surface area contributed by atoms with Gasteiger partial charge >= 0.3 is 0 Å². The fraction of sp³-hybridized carbons (Fsp3) is 0.333. The number of H-pyrrole nitrogens is 1. The minimum Gasteiger partial charge on any atom is -0.336 e. The van der Waals surface area contributed by atoms with Gasteiger partial charge in [0.25, 0.3) is 0 Å². The maximum Gasteiger partial charge on any atom is 0.200 e. The number of fused-ring (bicyclic) bond motifs is 1. The van der Waals surface area contributed by atoms with Crippen LogP contribution in [-0.4, -0.2) is 14.8 Å². The van der Waals surface area contributed by atoms with Crippen LogP contribution in [0.5, 0.6) is 0 Å². The van der Waals surface area contributed by atoms with Gasteiger partial charge in [0.05, 0.1) is 16.6 Å². The third-order valence-electron chi connectivity index (χ3n) is 3.92. The summed E-state index contributed by atoms with van der Waals surface area (Å²) in [6.45, 7) is 9.07. The highest BCUT2D eigenvalue weighted by Gasteiger charge is 2.19. The van der Waals surface area contributed by atoms with Gasteiger partial charge in [-0.05, 0) is 39.3 Å². The van der Waals surface area contributed by atoms with Gasteiger partial charge in [-0.3, -0.25) is 9.89 Å². The summed E-state index contributed by atoms with van der Waals surface area (Å²) in [5.74, 6) is 0. The lowest BCUT2D eigenvalue weighted by Crippen LogP contribution is -2.15. The minimum absolute atomic E-state index is 0.105. The fourth-order valence-electron chi connectivity index (χ4n) is 2.74. The molecule has 0 aromatic carbocycles. The molecule has 0 aliphatic carbocycles. The van der Waals surface area contributed by atoms with Crippen LogP contribution >= 0.6 is 11.3 Å². The second kappa shape index (κ2) is 4.59. The zero-order chi connectivity index (χ0) is 14.4. The maximum absolute atomic E-state index is 12.9. The molecule has 0 atom stereocenters. The molecule has 3 aromatic heterocycles. The van der Waals surface area contributed by atoms with E-state index in [4.69, 9.17) is 0 Å². The van der Waals surface area contributed by atoms with Crippen LogP contribution in [0.25, 0.3) is 21.5 Å². The van der Waals surface area contributed by atoms with E-state index < -0.39 is 0 Å². The van der Waals surface area contributed by atoms with Crippen molar-refractivity contribution < 1.29 is 0 Å². The molecule has 5 heteroatoms. The Morgan fingerprint density at radius 3 is 2.70 bits per heavy atom. The van der Waals surface area contributed by atoms with Gasteiger partial charge < -0.3 is 4.57 Å². The van der Waals surface area contributed by atoms with Gasteiger partial charge in [-0.1, -0.05) is 0 Å². The Balaban J connectivity index is 2.54. The summed E-state index contributed by atoms with van der Waals surface area (Å²) >= 11 is 1.70. The highest BCUT2D eigenvalue weighted by atomic mass is 32.1. The number of nitrogens with one attached hydrogen (secondary N) is 1. The van der Waals surface area contributed by atoms with Crippen molar-refractivity contribution in [3.63, 3.8) is 0 Å². The van der Waals surface area contributed by atoms with Crippen molar-refractivity contribution in [3.05, 3.63) is 38.6 Å². The van der Waals surface area contributed by atoms with Crippen molar-refractivity contribution in [3.8, 4) is 11.3 Å². The molecule has 104 valence electrons. The summed E-state index contributed by atoms with van der Waals surface area (Å²) in [6.07, 6.45) is 1.68. The molecular weight excluding hydrogens is 270 g/mol. The van der Waals surface area contributed by atoms with Crippen molar-refractivity contribution in [1.29, 1.82) is 0 Å². The molecule has 0 spiro atoms. The number of hydrogen-bond donors (Lipinski definition) is 1. The van der Waals surface area contributed by atoms with E-state index >= 15 is 0 Å². The summed E-state index contributed by atoms with van der Waals surface area (Å²) in [5, 5.41) is 7.74. The van der Waals surface area contributed by atoms with E-state index in [9.17, 15) is 4.79 Å². The summed E-state index contributed by atoms with van der Waals surface area (Å²) in [4.78, 5) is 15.2. The molecule has 3 aromatic rings. The predicted octanol–water partition coefficient (Wildman–Crippen LogP) is 3.40. The molecule has 0 bridgehead atoms. The molecular formula is C15H17N3OS. The predicted molar refractivity (Wildman–Crippen MR) is 83.6 cm³/mol. The van der Waals surface area contributed by atoms with Crippen LogP contribution in [0, 0.1) is 20.8 Å². The lowest BCUT2D eigenvalue weighted by atomic mass is 10.1. The van der Waals surface area contributed by atoms with Crippen molar-refractivity contribution >= 4 is 21.6 Å². The van der Waals surface area contributed by atoms with E-state index in [-0.39, 0.29) is 5.43 Å². The highest BCUT2D eigenvalue weighted by molar-refractivity contribution is 7.18. The van der Waals surface area contributed by atoms with Gasteiger partial charge in [-0.2, -0.15) is 5.10 Å². The summed E-state index contributed by atoms with van der Waals surface area (Å²) < 4.78 is 2.22. The van der Waals surface area contributed by atoms with Crippen LogP contribution in [0.15, 0.2) is 17.1 Å². The minimum atomic E-state index is 0.105. The maximum atomic E-state index is 12.9. The average Bonchev–Trinajstić information content (AvgIpc) is 3.01. The average molecular weight is 287 g/mol. The Labute approximate surface area is 121 Å². The molecule has 20 heavy (non-hydrogen) atoms. The number of pyridine rings is 1. The topological polar surface area (TPSA) is 50.7 Å². The van der Waals surface area contributed by atoms with E-state index in [0.717, 1.165) is 39.3 Å². The Morgan fingerprint density at radius 2 is 2.10 bits per heavy atom. The molecule has 0 amide bonds. The Hall–Kier alpha value is -1.88. The zero-order valence-corrected chi connectivity index (χ0v) is 12.9. The van der Waals surface area contributed by atoms with Gasteiger partial charge in [0.2, 0.25) is 0 Å². The zero-order valence-electron chi connectivity index (χ0n) is 12.1. The second-order valence-corrected chi connectivity index (χ2v) is 6.17. The smallest absolute Gasteiger partial charge is 0.200 e. The number of hydrogen-bond acceptors (Lipinski definition) is 3. The van der Waals surface area contributed by atoms with E-state index in [2.05, 4.69) is 28.6 Å². The van der Waals surface area contributed by atoms with E-state index in [1.165, 1.54) is 4.88 Å². The number of aryl methyl sites for hydroxylation is 3. The lowest BCUT2D eigenvalue weighted by Gasteiger charge is -2.13. The quantitative estimate of drug-likeness (QED) is 0.785. The molecule has 4 nitrogen and oxygen atoms in total. The van der Waals surface area contributed by atoms with E-state index in [0.29, 0.717) is 0 Å². The monoisotopic (exact) mass is 287 g/mol. The fourth-order valence-corrected chi connectivity index (χ4v) is 4.01. The van der Waals surface area contributed by atoms with Gasteiger partial charge in [0.15, 0.2) is 5.43 Å². The number of aromatic amines is 1. The normalized spacial score (nSPS) is 11.4. The molecule has 3 rings (SSSR count). The van der Waals surface area contributed by atoms with Gasteiger partial charge in [0.1, 0.15) is 4.83 Å². The largest absolute Gasteiger partial charge is 0.336 e. The van der Waals surface area contributed by atoms with Crippen molar-refractivity contribution in [1.82, 2.24) is 14.8 Å². The number of aromatic nitrogens is 3. The van der Waals surface area contributed by atoms with Crippen LogP contribution in [0.2, 0.25) is 0 Å². The summed E-state index contributed by atoms with van der Waals surface area (Å²) in [5.41, 5.74) is 3.72. The van der Waals surface area contributed by atoms with E-state index in [1.807, 2.05) is 19.9 Å². The first-order valence-electron chi connectivity index (χ1n) is 6.69. The summed E-state index contributed by atoms with van der Waals surface area (Å²) in [7, 11) is 0. The number of nitrogens with zero attached hydrogens (tertiary/aromatic N) is 2. The molecule has 0 aliphatic rings. The van der Waals surface area contributed by atoms with Crippen molar-refractivity contribution in [2.75, 3.05) is 0 Å². The molecule has 0 unspecified atom stereocenters. The second-order valence-electron chi connectivity index (χ2n) is 4.97. The molecule has 0 saturated heterocycles. The molecule has 0 fully saturated rings. The highest BCUT2D eigenvalue weighted by Crippen LogP contribution is 2.31. The number of rotatable bonds is 2.